The third-order valence-corrected chi connectivity index (χ3v) is 5.59. The van der Waals surface area contributed by atoms with Gasteiger partial charge in [0, 0.05) is 23.2 Å². The summed E-state index contributed by atoms with van der Waals surface area (Å²) in [6.07, 6.45) is 0. The van der Waals surface area contributed by atoms with Crippen LogP contribution in [-0.4, -0.2) is 28.1 Å². The average molecular weight is 419 g/mol. The number of benzene rings is 3. The minimum atomic E-state index is -0.360. The third kappa shape index (κ3) is 3.01. The van der Waals surface area contributed by atoms with Crippen molar-refractivity contribution in [2.45, 2.75) is 6.54 Å². The van der Waals surface area contributed by atoms with Crippen LogP contribution in [-0.2, 0) is 6.54 Å². The van der Waals surface area contributed by atoms with Crippen LogP contribution >= 0.6 is 0 Å². The minimum absolute atomic E-state index is 0.328. The number of anilines is 1. The molecule has 0 N–H and O–H groups in total. The lowest BCUT2D eigenvalue weighted by molar-refractivity contribution is 0.288. The van der Waals surface area contributed by atoms with Crippen LogP contribution in [0.15, 0.2) is 57.7 Å². The summed E-state index contributed by atoms with van der Waals surface area (Å²) in [5.74, 6) is 2.33. The van der Waals surface area contributed by atoms with E-state index in [4.69, 9.17) is 23.4 Å². The van der Waals surface area contributed by atoms with Crippen molar-refractivity contribution in [3.8, 4) is 23.0 Å². The summed E-state index contributed by atoms with van der Waals surface area (Å²) in [7, 11) is 4.73. The highest BCUT2D eigenvalue weighted by atomic mass is 16.5. The molecule has 7 nitrogen and oxygen atoms in total. The van der Waals surface area contributed by atoms with Gasteiger partial charge in [0.25, 0.3) is 0 Å². The molecule has 0 radical (unpaired) electrons. The van der Waals surface area contributed by atoms with Gasteiger partial charge in [0.2, 0.25) is 5.75 Å². The Kier molecular flexibility index (Phi) is 4.58. The number of rotatable bonds is 4. The Morgan fingerprint density at radius 1 is 0.871 bits per heavy atom. The maximum absolute atomic E-state index is 12.6. The molecule has 0 spiro atoms. The van der Waals surface area contributed by atoms with E-state index in [0.29, 0.717) is 47.2 Å². The van der Waals surface area contributed by atoms with Gasteiger partial charge in [-0.2, -0.15) is 0 Å². The maximum atomic E-state index is 12.6. The van der Waals surface area contributed by atoms with Crippen LogP contribution in [0.5, 0.6) is 23.0 Å². The van der Waals surface area contributed by atoms with Crippen molar-refractivity contribution in [3.63, 3.8) is 0 Å². The number of methoxy groups -OCH3 is 3. The van der Waals surface area contributed by atoms with E-state index >= 15 is 0 Å². The average Bonchev–Trinajstić information content (AvgIpc) is 2.82. The highest BCUT2D eigenvalue weighted by Crippen LogP contribution is 2.43. The first-order valence-corrected chi connectivity index (χ1v) is 9.79. The van der Waals surface area contributed by atoms with Gasteiger partial charge in [-0.25, -0.2) is 4.79 Å². The lowest BCUT2D eigenvalue weighted by atomic mass is 10.0. The van der Waals surface area contributed by atoms with Gasteiger partial charge in [-0.3, -0.25) is 0 Å². The van der Waals surface area contributed by atoms with E-state index in [9.17, 15) is 4.79 Å². The molecule has 2 heterocycles. The summed E-state index contributed by atoms with van der Waals surface area (Å²) < 4.78 is 28.1. The summed E-state index contributed by atoms with van der Waals surface area (Å²) in [5.41, 5.74) is 1.83. The topological polar surface area (TPSA) is 70.4 Å². The van der Waals surface area contributed by atoms with Gasteiger partial charge in [0.15, 0.2) is 18.2 Å². The smallest absolute Gasteiger partial charge is 0.344 e. The number of ether oxygens (including phenoxy) is 4. The Labute approximate surface area is 178 Å². The Balaban J connectivity index is 1.64. The molecule has 4 aromatic rings. The van der Waals surface area contributed by atoms with E-state index in [2.05, 4.69) is 0 Å². The molecule has 0 unspecified atom stereocenters. The van der Waals surface area contributed by atoms with Crippen LogP contribution in [0.3, 0.4) is 0 Å². The molecule has 0 fully saturated rings. The van der Waals surface area contributed by atoms with Crippen molar-refractivity contribution in [2.75, 3.05) is 33.0 Å². The fourth-order valence-corrected chi connectivity index (χ4v) is 4.07. The monoisotopic (exact) mass is 419 g/mol. The molecular weight excluding hydrogens is 398 g/mol. The Morgan fingerprint density at radius 3 is 2.26 bits per heavy atom. The zero-order valence-corrected chi connectivity index (χ0v) is 17.4. The molecule has 1 aliphatic rings. The quantitative estimate of drug-likeness (QED) is 0.360. The number of hydrogen-bond acceptors (Lipinski definition) is 7. The van der Waals surface area contributed by atoms with Crippen molar-refractivity contribution >= 4 is 27.4 Å². The lowest BCUT2D eigenvalue weighted by Gasteiger charge is -2.31. The van der Waals surface area contributed by atoms with Crippen molar-refractivity contribution in [2.24, 2.45) is 0 Å². The zero-order chi connectivity index (χ0) is 21.5. The Bertz CT molecular complexity index is 1330. The first-order chi connectivity index (χ1) is 15.1. The van der Waals surface area contributed by atoms with Crippen LogP contribution in [0.2, 0.25) is 0 Å². The highest BCUT2D eigenvalue weighted by molar-refractivity contribution is 6.05. The highest BCUT2D eigenvalue weighted by Gasteiger charge is 2.25. The summed E-state index contributed by atoms with van der Waals surface area (Å²) in [4.78, 5) is 14.6. The van der Waals surface area contributed by atoms with E-state index < -0.39 is 0 Å². The van der Waals surface area contributed by atoms with Crippen molar-refractivity contribution in [3.05, 3.63) is 64.5 Å². The normalized spacial score (nSPS) is 13.1. The molecular formula is C24H21NO6. The van der Waals surface area contributed by atoms with Crippen LogP contribution in [0.4, 0.5) is 5.69 Å². The van der Waals surface area contributed by atoms with Gasteiger partial charge in [-0.1, -0.05) is 18.2 Å². The largest absolute Gasteiger partial charge is 0.493 e. The minimum Gasteiger partial charge on any atom is -0.493 e. The standard InChI is InChI=1S/C24H21NO6/c1-27-20-10-14(11-21(28-2)23(20)29-3)25-12-18-19(30-13-25)9-8-16-15-6-4-5-7-17(15)24(26)31-22(16)18/h4-11H,12-13H2,1-3H3. The molecule has 3 aromatic carbocycles. The Hall–Kier alpha value is -3.87. The third-order valence-electron chi connectivity index (χ3n) is 5.59. The molecule has 0 saturated carbocycles. The van der Waals surface area contributed by atoms with Gasteiger partial charge in [0.05, 0.1) is 38.8 Å². The number of fused-ring (bicyclic) bond motifs is 5. The fourth-order valence-electron chi connectivity index (χ4n) is 4.07. The van der Waals surface area contributed by atoms with E-state index in [-0.39, 0.29) is 5.63 Å². The van der Waals surface area contributed by atoms with Crippen LogP contribution in [0.25, 0.3) is 21.7 Å². The summed E-state index contributed by atoms with van der Waals surface area (Å²) >= 11 is 0. The van der Waals surface area contributed by atoms with Gasteiger partial charge >= 0.3 is 5.63 Å². The maximum Gasteiger partial charge on any atom is 0.344 e. The molecule has 0 saturated heterocycles. The molecule has 7 heteroatoms. The molecule has 0 aliphatic carbocycles. The van der Waals surface area contributed by atoms with Crippen LogP contribution in [0.1, 0.15) is 5.56 Å². The predicted octanol–water partition coefficient (Wildman–Crippen LogP) is 4.33. The van der Waals surface area contributed by atoms with Gasteiger partial charge in [0.1, 0.15) is 11.3 Å². The Morgan fingerprint density at radius 2 is 1.58 bits per heavy atom. The van der Waals surface area contributed by atoms with Crippen LogP contribution < -0.4 is 29.5 Å². The second kappa shape index (κ2) is 7.43. The SMILES string of the molecule is COc1cc(N2COc3ccc4c(oc(=O)c5ccccc54)c3C2)cc(OC)c1OC. The van der Waals surface area contributed by atoms with E-state index in [0.717, 1.165) is 22.0 Å². The molecule has 0 bridgehead atoms. The van der Waals surface area contributed by atoms with Gasteiger partial charge in [-0.05, 0) is 23.6 Å². The molecule has 1 aliphatic heterocycles. The molecule has 0 atom stereocenters. The predicted molar refractivity (Wildman–Crippen MR) is 118 cm³/mol. The molecule has 31 heavy (non-hydrogen) atoms. The molecule has 5 rings (SSSR count). The second-order valence-corrected chi connectivity index (χ2v) is 7.21. The van der Waals surface area contributed by atoms with Gasteiger partial charge in [-0.15, -0.1) is 0 Å². The first-order valence-electron chi connectivity index (χ1n) is 9.79. The number of nitrogens with zero attached hydrogens (tertiary/aromatic N) is 1. The first kappa shape index (κ1) is 19.1. The summed E-state index contributed by atoms with van der Waals surface area (Å²) in [5, 5.41) is 2.30. The lowest BCUT2D eigenvalue weighted by Crippen LogP contribution is -2.32. The molecule has 0 amide bonds. The molecule has 1 aromatic heterocycles. The summed E-state index contributed by atoms with van der Waals surface area (Å²) in [6.45, 7) is 0.821. The van der Waals surface area contributed by atoms with Crippen LogP contribution in [0, 0.1) is 0 Å². The second-order valence-electron chi connectivity index (χ2n) is 7.21. The number of hydrogen-bond donors (Lipinski definition) is 0. The van der Waals surface area contributed by atoms with Gasteiger partial charge < -0.3 is 28.3 Å². The van der Waals surface area contributed by atoms with E-state index in [1.165, 1.54) is 0 Å². The zero-order valence-electron chi connectivity index (χ0n) is 17.4. The van der Waals surface area contributed by atoms with Crippen molar-refractivity contribution in [1.82, 2.24) is 0 Å². The van der Waals surface area contributed by atoms with E-state index in [1.54, 1.807) is 27.4 Å². The van der Waals surface area contributed by atoms with Crippen molar-refractivity contribution in [1.29, 1.82) is 0 Å². The van der Waals surface area contributed by atoms with Crippen molar-refractivity contribution < 1.29 is 23.4 Å². The fraction of sp³-hybridized carbons (Fsp3) is 0.208. The summed E-state index contributed by atoms with van der Waals surface area (Å²) in [6, 6.07) is 15.1. The molecule has 158 valence electrons. The van der Waals surface area contributed by atoms with E-state index in [1.807, 2.05) is 47.4 Å².